The number of ether oxygens (including phenoxy) is 1. The summed E-state index contributed by atoms with van der Waals surface area (Å²) >= 11 is 20.0. The molecule has 5 nitrogen and oxygen atoms in total. The van der Waals surface area contributed by atoms with Crippen molar-refractivity contribution in [2.24, 2.45) is 0 Å². The highest BCUT2D eigenvalue weighted by molar-refractivity contribution is 7.22. The molecule has 0 bridgehead atoms. The number of fused-ring (bicyclic) bond motifs is 1. The molecule has 164 valence electrons. The molecule has 9 heteroatoms. The van der Waals surface area contributed by atoms with Crippen molar-refractivity contribution in [2.45, 2.75) is 13.3 Å². The van der Waals surface area contributed by atoms with Gasteiger partial charge in [-0.05, 0) is 49.2 Å². The Labute approximate surface area is 200 Å². The van der Waals surface area contributed by atoms with Crippen LogP contribution in [0.25, 0.3) is 10.2 Å². The molecule has 1 amide bonds. The first kappa shape index (κ1) is 22.8. The molecule has 1 aromatic heterocycles. The third-order valence-corrected chi connectivity index (χ3v) is 6.86. The number of carbonyl (C=O) groups is 1. The number of benzene rings is 2. The molecule has 1 aliphatic rings. The van der Waals surface area contributed by atoms with Crippen molar-refractivity contribution in [2.75, 3.05) is 44.3 Å². The number of aryl methyl sites for hydroxylation is 1. The van der Waals surface area contributed by atoms with Gasteiger partial charge < -0.3 is 4.74 Å². The maximum atomic E-state index is 13.5. The summed E-state index contributed by atoms with van der Waals surface area (Å²) in [5, 5.41) is 2.16. The molecule has 1 fully saturated rings. The van der Waals surface area contributed by atoms with Gasteiger partial charge in [0.25, 0.3) is 5.91 Å². The van der Waals surface area contributed by atoms with Crippen LogP contribution in [0.1, 0.15) is 22.3 Å². The Morgan fingerprint density at radius 2 is 1.77 bits per heavy atom. The van der Waals surface area contributed by atoms with Gasteiger partial charge in [0.1, 0.15) is 0 Å². The minimum absolute atomic E-state index is 0.172. The van der Waals surface area contributed by atoms with Crippen LogP contribution in [-0.2, 0) is 4.74 Å². The highest BCUT2D eigenvalue weighted by atomic mass is 35.5. The molecule has 2 heterocycles. The van der Waals surface area contributed by atoms with Crippen LogP contribution in [0.5, 0.6) is 0 Å². The van der Waals surface area contributed by atoms with Gasteiger partial charge in [-0.15, -0.1) is 0 Å². The molecule has 0 spiro atoms. The summed E-state index contributed by atoms with van der Waals surface area (Å²) in [5.74, 6) is -0.172. The van der Waals surface area contributed by atoms with E-state index < -0.39 is 0 Å². The van der Waals surface area contributed by atoms with Crippen LogP contribution in [-0.4, -0.2) is 55.2 Å². The van der Waals surface area contributed by atoms with Crippen molar-refractivity contribution in [1.29, 1.82) is 0 Å². The van der Waals surface area contributed by atoms with Crippen LogP contribution in [0.3, 0.4) is 0 Å². The molecule has 0 aliphatic carbocycles. The van der Waals surface area contributed by atoms with Gasteiger partial charge in [-0.25, -0.2) is 4.98 Å². The number of morpholine rings is 1. The molecule has 31 heavy (non-hydrogen) atoms. The molecule has 0 radical (unpaired) electrons. The topological polar surface area (TPSA) is 45.7 Å². The van der Waals surface area contributed by atoms with E-state index in [1.165, 1.54) is 11.3 Å². The van der Waals surface area contributed by atoms with Crippen LogP contribution in [0, 0.1) is 6.92 Å². The number of rotatable bonds is 6. The van der Waals surface area contributed by atoms with Crippen LogP contribution in [0.4, 0.5) is 5.13 Å². The predicted octanol–water partition coefficient (Wildman–Crippen LogP) is 5.93. The Morgan fingerprint density at radius 1 is 1.10 bits per heavy atom. The van der Waals surface area contributed by atoms with Crippen molar-refractivity contribution in [3.8, 4) is 0 Å². The number of hydrogen-bond donors (Lipinski definition) is 0. The van der Waals surface area contributed by atoms with Gasteiger partial charge in [0, 0.05) is 46.8 Å². The number of nitrogens with zero attached hydrogens (tertiary/aromatic N) is 3. The van der Waals surface area contributed by atoms with Crippen LogP contribution >= 0.6 is 46.1 Å². The first-order valence-corrected chi connectivity index (χ1v) is 12.0. The monoisotopic (exact) mass is 497 g/mol. The van der Waals surface area contributed by atoms with Crippen LogP contribution < -0.4 is 4.90 Å². The summed E-state index contributed by atoms with van der Waals surface area (Å²) in [7, 11) is 0. The molecule has 0 unspecified atom stereocenters. The van der Waals surface area contributed by atoms with E-state index in [0.29, 0.717) is 32.3 Å². The second kappa shape index (κ2) is 10.0. The quantitative estimate of drug-likeness (QED) is 0.422. The lowest BCUT2D eigenvalue weighted by Gasteiger charge is -2.27. The van der Waals surface area contributed by atoms with Gasteiger partial charge in [0.15, 0.2) is 5.13 Å². The maximum Gasteiger partial charge on any atom is 0.260 e. The summed E-state index contributed by atoms with van der Waals surface area (Å²) in [4.78, 5) is 22.3. The van der Waals surface area contributed by atoms with E-state index in [1.807, 2.05) is 19.1 Å². The molecule has 0 N–H and O–H groups in total. The van der Waals surface area contributed by atoms with Crippen molar-refractivity contribution in [3.63, 3.8) is 0 Å². The fraction of sp³-hybridized carbons (Fsp3) is 0.364. The van der Waals surface area contributed by atoms with Gasteiger partial charge in [-0.2, -0.15) is 0 Å². The molecular formula is C22H22Cl3N3O2S. The van der Waals surface area contributed by atoms with Crippen molar-refractivity contribution >= 4 is 67.4 Å². The molecule has 3 aromatic rings. The second-order valence-electron chi connectivity index (χ2n) is 7.49. The molecule has 0 saturated carbocycles. The first-order chi connectivity index (χ1) is 14.9. The highest BCUT2D eigenvalue weighted by Crippen LogP contribution is 2.34. The largest absolute Gasteiger partial charge is 0.379 e. The van der Waals surface area contributed by atoms with E-state index in [2.05, 4.69) is 4.90 Å². The Kier molecular flexibility index (Phi) is 7.37. The van der Waals surface area contributed by atoms with Gasteiger partial charge in [-0.1, -0.05) is 46.1 Å². The summed E-state index contributed by atoms with van der Waals surface area (Å²) in [6.45, 7) is 6.72. The lowest BCUT2D eigenvalue weighted by molar-refractivity contribution is 0.0376. The minimum Gasteiger partial charge on any atom is -0.379 e. The first-order valence-electron chi connectivity index (χ1n) is 10.1. The predicted molar refractivity (Wildman–Crippen MR) is 129 cm³/mol. The summed E-state index contributed by atoms with van der Waals surface area (Å²) < 4.78 is 6.37. The zero-order valence-electron chi connectivity index (χ0n) is 17.0. The zero-order valence-corrected chi connectivity index (χ0v) is 20.1. The zero-order chi connectivity index (χ0) is 22.0. The lowest BCUT2D eigenvalue weighted by atomic mass is 10.2. The average Bonchev–Trinajstić information content (AvgIpc) is 3.15. The molecule has 4 rings (SSSR count). The minimum atomic E-state index is -0.172. The molecule has 2 aromatic carbocycles. The molecular weight excluding hydrogens is 477 g/mol. The molecule has 1 aliphatic heterocycles. The maximum absolute atomic E-state index is 13.5. The Balaban J connectivity index is 1.63. The van der Waals surface area contributed by atoms with Gasteiger partial charge >= 0.3 is 0 Å². The number of amides is 1. The van der Waals surface area contributed by atoms with Crippen molar-refractivity contribution in [1.82, 2.24) is 9.88 Å². The number of thiazole rings is 1. The fourth-order valence-corrected chi connectivity index (χ4v) is 5.62. The van der Waals surface area contributed by atoms with E-state index in [9.17, 15) is 4.79 Å². The Bertz CT molecular complexity index is 1080. The number of carbonyl (C=O) groups excluding carboxylic acids is 1. The van der Waals surface area contributed by atoms with E-state index >= 15 is 0 Å². The van der Waals surface area contributed by atoms with E-state index in [-0.39, 0.29) is 5.91 Å². The Morgan fingerprint density at radius 3 is 2.48 bits per heavy atom. The highest BCUT2D eigenvalue weighted by Gasteiger charge is 2.23. The number of anilines is 1. The third kappa shape index (κ3) is 5.51. The van der Waals surface area contributed by atoms with Crippen molar-refractivity contribution < 1.29 is 9.53 Å². The fourth-order valence-electron chi connectivity index (χ4n) is 3.65. The van der Waals surface area contributed by atoms with Crippen LogP contribution in [0.2, 0.25) is 15.1 Å². The molecule has 0 atom stereocenters. The van der Waals surface area contributed by atoms with E-state index in [0.717, 1.165) is 55.0 Å². The number of hydrogen-bond acceptors (Lipinski definition) is 5. The summed E-state index contributed by atoms with van der Waals surface area (Å²) in [6.07, 6.45) is 0.815. The van der Waals surface area contributed by atoms with Crippen molar-refractivity contribution in [3.05, 3.63) is 56.5 Å². The second-order valence-corrected chi connectivity index (χ2v) is 9.81. The van der Waals surface area contributed by atoms with E-state index in [4.69, 9.17) is 44.5 Å². The normalized spacial score (nSPS) is 14.8. The van der Waals surface area contributed by atoms with E-state index in [1.54, 1.807) is 23.1 Å². The Hall–Kier alpha value is -1.41. The lowest BCUT2D eigenvalue weighted by Crippen LogP contribution is -2.39. The standard InChI is InChI=1S/C22H22Cl3N3O2S/c1-14-9-16(23)13-19-20(14)26-22(31-19)28(4-2-3-27-5-7-30-8-6-27)21(29)15-10-17(24)12-18(25)11-15/h9-13H,2-8H2,1H3. The smallest absolute Gasteiger partial charge is 0.260 e. The number of halogens is 3. The SMILES string of the molecule is Cc1cc(Cl)cc2sc(N(CCCN3CCOCC3)C(=O)c3cc(Cl)cc(Cl)c3)nc12. The van der Waals surface area contributed by atoms with Gasteiger partial charge in [-0.3, -0.25) is 14.6 Å². The number of aromatic nitrogens is 1. The molecule has 1 saturated heterocycles. The van der Waals surface area contributed by atoms with Crippen LogP contribution in [0.15, 0.2) is 30.3 Å². The van der Waals surface area contributed by atoms with Gasteiger partial charge in [0.2, 0.25) is 0 Å². The third-order valence-electron chi connectivity index (χ3n) is 5.18. The van der Waals surface area contributed by atoms with Gasteiger partial charge in [0.05, 0.1) is 23.4 Å². The summed E-state index contributed by atoms with van der Waals surface area (Å²) in [6, 6.07) is 8.67. The summed E-state index contributed by atoms with van der Waals surface area (Å²) in [5.41, 5.74) is 2.29. The average molecular weight is 499 g/mol.